The Balaban J connectivity index is 1.52. The van der Waals surface area contributed by atoms with Crippen molar-refractivity contribution in [3.8, 4) is 5.75 Å². The molecule has 3 rings (SSSR count). The van der Waals surface area contributed by atoms with Crippen LogP contribution in [0.25, 0.3) is 0 Å². The highest BCUT2D eigenvalue weighted by Crippen LogP contribution is 2.25. The highest BCUT2D eigenvalue weighted by atomic mass is 32.2. The summed E-state index contributed by atoms with van der Waals surface area (Å²) in [6.45, 7) is 6.50. The molecule has 0 aliphatic carbocycles. The first kappa shape index (κ1) is 22.3. The van der Waals surface area contributed by atoms with Crippen LogP contribution < -0.4 is 15.2 Å². The van der Waals surface area contributed by atoms with Gasteiger partial charge in [-0.05, 0) is 70.1 Å². The standard InChI is InChI=1S/C22H29N3O4S/c1-16(2)29-21-6-4-3-5-18(21)15-25-13-11-17(12-14-25)22(26)24-19-7-9-20(10-8-19)30(23,27)28/h3-10,16-17H,11-15H2,1-2H3,(H,24,26)(H2,23,27,28). The molecule has 7 nitrogen and oxygen atoms in total. The number of hydrogen-bond acceptors (Lipinski definition) is 5. The maximum absolute atomic E-state index is 12.6. The van der Waals surface area contributed by atoms with Crippen molar-refractivity contribution < 1.29 is 17.9 Å². The van der Waals surface area contributed by atoms with Crippen LogP contribution in [0.5, 0.6) is 5.75 Å². The summed E-state index contributed by atoms with van der Waals surface area (Å²) in [7, 11) is -3.74. The average molecular weight is 432 g/mol. The van der Waals surface area contributed by atoms with Crippen LogP contribution in [0, 0.1) is 5.92 Å². The van der Waals surface area contributed by atoms with Crippen molar-refractivity contribution >= 4 is 21.6 Å². The highest BCUT2D eigenvalue weighted by molar-refractivity contribution is 7.89. The maximum atomic E-state index is 12.6. The van der Waals surface area contributed by atoms with E-state index in [9.17, 15) is 13.2 Å². The van der Waals surface area contributed by atoms with E-state index in [-0.39, 0.29) is 22.8 Å². The Labute approximate surface area is 178 Å². The summed E-state index contributed by atoms with van der Waals surface area (Å²) in [5.41, 5.74) is 1.72. The molecule has 1 aliphatic rings. The SMILES string of the molecule is CC(C)Oc1ccccc1CN1CCC(C(=O)Nc2ccc(S(N)(=O)=O)cc2)CC1. The largest absolute Gasteiger partial charge is 0.491 e. The molecule has 2 aromatic rings. The molecule has 2 aromatic carbocycles. The van der Waals surface area contributed by atoms with E-state index in [1.165, 1.54) is 12.1 Å². The second-order valence-corrected chi connectivity index (χ2v) is 9.44. The lowest BCUT2D eigenvalue weighted by atomic mass is 9.95. The number of carbonyl (C=O) groups is 1. The van der Waals surface area contributed by atoms with Gasteiger partial charge in [-0.15, -0.1) is 0 Å². The van der Waals surface area contributed by atoms with E-state index < -0.39 is 10.0 Å². The van der Waals surface area contributed by atoms with Gasteiger partial charge in [-0.3, -0.25) is 9.69 Å². The fourth-order valence-electron chi connectivity index (χ4n) is 3.57. The summed E-state index contributed by atoms with van der Waals surface area (Å²) < 4.78 is 28.6. The maximum Gasteiger partial charge on any atom is 0.238 e. The van der Waals surface area contributed by atoms with E-state index in [1.54, 1.807) is 12.1 Å². The molecule has 3 N–H and O–H groups in total. The summed E-state index contributed by atoms with van der Waals surface area (Å²) in [5.74, 6) is 0.804. The van der Waals surface area contributed by atoms with Crippen LogP contribution in [-0.2, 0) is 21.4 Å². The van der Waals surface area contributed by atoms with Gasteiger partial charge in [0.2, 0.25) is 15.9 Å². The van der Waals surface area contributed by atoms with E-state index in [0.717, 1.165) is 43.8 Å². The van der Waals surface area contributed by atoms with E-state index in [1.807, 2.05) is 32.0 Å². The smallest absolute Gasteiger partial charge is 0.238 e. The zero-order valence-electron chi connectivity index (χ0n) is 17.4. The van der Waals surface area contributed by atoms with Gasteiger partial charge in [-0.1, -0.05) is 18.2 Å². The third-order valence-corrected chi connectivity index (χ3v) is 6.07. The van der Waals surface area contributed by atoms with E-state index in [4.69, 9.17) is 9.88 Å². The van der Waals surface area contributed by atoms with Crippen molar-refractivity contribution in [2.75, 3.05) is 18.4 Å². The van der Waals surface area contributed by atoms with Gasteiger partial charge in [0, 0.05) is 23.7 Å². The third kappa shape index (κ3) is 6.04. The number of amides is 1. The number of rotatable bonds is 7. The monoisotopic (exact) mass is 431 g/mol. The van der Waals surface area contributed by atoms with Gasteiger partial charge in [0.15, 0.2) is 0 Å². The lowest BCUT2D eigenvalue weighted by molar-refractivity contribution is -0.121. The Morgan fingerprint density at radius 3 is 2.37 bits per heavy atom. The van der Waals surface area contributed by atoms with Crippen molar-refractivity contribution in [2.45, 2.75) is 44.2 Å². The molecule has 0 radical (unpaired) electrons. The normalized spacial score (nSPS) is 15.9. The van der Waals surface area contributed by atoms with Gasteiger partial charge < -0.3 is 10.1 Å². The molecule has 1 heterocycles. The fourth-order valence-corrected chi connectivity index (χ4v) is 4.09. The molecule has 0 saturated carbocycles. The summed E-state index contributed by atoms with van der Waals surface area (Å²) in [6.07, 6.45) is 1.67. The van der Waals surface area contributed by atoms with Gasteiger partial charge in [-0.2, -0.15) is 0 Å². The number of likely N-dealkylation sites (tertiary alicyclic amines) is 1. The molecule has 162 valence electrons. The van der Waals surface area contributed by atoms with Gasteiger partial charge >= 0.3 is 0 Å². The predicted octanol–water partition coefficient (Wildman–Crippen LogP) is 2.97. The Kier molecular flexibility index (Phi) is 7.12. The lowest BCUT2D eigenvalue weighted by Gasteiger charge is -2.31. The minimum Gasteiger partial charge on any atom is -0.491 e. The number of hydrogen-bond donors (Lipinski definition) is 2. The first-order valence-corrected chi connectivity index (χ1v) is 11.7. The van der Waals surface area contributed by atoms with Gasteiger partial charge in [0.1, 0.15) is 5.75 Å². The average Bonchev–Trinajstić information content (AvgIpc) is 2.69. The second kappa shape index (κ2) is 9.59. The van der Waals surface area contributed by atoms with Crippen LogP contribution >= 0.6 is 0 Å². The number of nitrogens with zero attached hydrogens (tertiary/aromatic N) is 1. The van der Waals surface area contributed by atoms with Crippen molar-refractivity contribution in [1.82, 2.24) is 4.90 Å². The predicted molar refractivity (Wildman–Crippen MR) is 117 cm³/mol. The van der Waals surface area contributed by atoms with Crippen LogP contribution in [0.2, 0.25) is 0 Å². The Bertz CT molecular complexity index is 966. The molecule has 0 spiro atoms. The van der Waals surface area contributed by atoms with E-state index >= 15 is 0 Å². The molecule has 0 aromatic heterocycles. The first-order chi connectivity index (χ1) is 14.2. The van der Waals surface area contributed by atoms with Crippen LogP contribution in [0.1, 0.15) is 32.3 Å². The molecule has 0 unspecified atom stereocenters. The number of carbonyl (C=O) groups excluding carboxylic acids is 1. The molecule has 1 aliphatic heterocycles. The van der Waals surface area contributed by atoms with Crippen LogP contribution in [-0.4, -0.2) is 38.4 Å². The summed E-state index contributed by atoms with van der Waals surface area (Å²) in [6, 6.07) is 14.0. The van der Waals surface area contributed by atoms with E-state index in [2.05, 4.69) is 16.3 Å². The minimum atomic E-state index is -3.74. The fraction of sp³-hybridized carbons (Fsp3) is 0.409. The summed E-state index contributed by atoms with van der Waals surface area (Å²) >= 11 is 0. The highest BCUT2D eigenvalue weighted by Gasteiger charge is 2.25. The van der Waals surface area contributed by atoms with E-state index in [0.29, 0.717) is 5.69 Å². The summed E-state index contributed by atoms with van der Waals surface area (Å²) in [5, 5.41) is 7.97. The molecule has 0 atom stereocenters. The molecule has 8 heteroatoms. The zero-order valence-corrected chi connectivity index (χ0v) is 18.2. The molecule has 1 saturated heterocycles. The quantitative estimate of drug-likeness (QED) is 0.702. The van der Waals surface area contributed by atoms with Crippen LogP contribution in [0.4, 0.5) is 5.69 Å². The lowest BCUT2D eigenvalue weighted by Crippen LogP contribution is -2.37. The molecular weight excluding hydrogens is 402 g/mol. The number of nitrogens with two attached hydrogens (primary N) is 1. The molecule has 30 heavy (non-hydrogen) atoms. The first-order valence-electron chi connectivity index (χ1n) is 10.1. The van der Waals surface area contributed by atoms with Crippen molar-refractivity contribution in [1.29, 1.82) is 0 Å². The Hall–Kier alpha value is -2.42. The van der Waals surface area contributed by atoms with Crippen molar-refractivity contribution in [3.63, 3.8) is 0 Å². The van der Waals surface area contributed by atoms with Gasteiger partial charge in [0.05, 0.1) is 11.0 Å². The minimum absolute atomic E-state index is 0.0236. The molecular formula is C22H29N3O4S. The summed E-state index contributed by atoms with van der Waals surface area (Å²) in [4.78, 5) is 15.0. The number of primary sulfonamides is 1. The number of ether oxygens (including phenoxy) is 1. The molecule has 1 fully saturated rings. The Morgan fingerprint density at radius 1 is 1.13 bits per heavy atom. The Morgan fingerprint density at radius 2 is 1.77 bits per heavy atom. The van der Waals surface area contributed by atoms with Crippen molar-refractivity contribution in [3.05, 3.63) is 54.1 Å². The third-order valence-electron chi connectivity index (χ3n) is 5.14. The van der Waals surface area contributed by atoms with Crippen LogP contribution in [0.15, 0.2) is 53.4 Å². The van der Waals surface area contributed by atoms with Gasteiger partial charge in [0.25, 0.3) is 0 Å². The molecule has 1 amide bonds. The number of nitrogens with one attached hydrogen (secondary N) is 1. The van der Waals surface area contributed by atoms with Crippen molar-refractivity contribution in [2.24, 2.45) is 11.1 Å². The number of benzene rings is 2. The zero-order chi connectivity index (χ0) is 21.7. The second-order valence-electron chi connectivity index (χ2n) is 7.88. The molecule has 0 bridgehead atoms. The number of para-hydroxylation sites is 1. The number of piperidine rings is 1. The number of sulfonamides is 1. The number of anilines is 1. The topological polar surface area (TPSA) is 102 Å². The van der Waals surface area contributed by atoms with Gasteiger partial charge in [-0.25, -0.2) is 13.6 Å². The van der Waals surface area contributed by atoms with Crippen LogP contribution in [0.3, 0.4) is 0 Å².